The summed E-state index contributed by atoms with van der Waals surface area (Å²) in [6.07, 6.45) is -0.0942. The Bertz CT molecular complexity index is 1160. The van der Waals surface area contributed by atoms with Crippen molar-refractivity contribution in [1.82, 2.24) is 5.16 Å². The van der Waals surface area contributed by atoms with E-state index in [4.69, 9.17) is 9.26 Å². The van der Waals surface area contributed by atoms with Crippen molar-refractivity contribution in [3.8, 4) is 5.75 Å². The molecule has 0 fully saturated rings. The summed E-state index contributed by atoms with van der Waals surface area (Å²) < 4.78 is 38.5. The third-order valence-electron chi connectivity index (χ3n) is 3.84. The van der Waals surface area contributed by atoms with Gasteiger partial charge in [0, 0.05) is 16.2 Å². The van der Waals surface area contributed by atoms with Gasteiger partial charge in [-0.15, -0.1) is 0 Å². The second-order valence-corrected chi connectivity index (χ2v) is 9.31. The first-order chi connectivity index (χ1) is 14.1. The molecule has 8 nitrogen and oxygen atoms in total. The van der Waals surface area contributed by atoms with Gasteiger partial charge in [0.2, 0.25) is 0 Å². The highest BCUT2D eigenvalue weighted by molar-refractivity contribution is 9.10. The van der Waals surface area contributed by atoms with E-state index in [9.17, 15) is 13.2 Å². The summed E-state index contributed by atoms with van der Waals surface area (Å²) in [6.45, 7) is 5.40. The van der Waals surface area contributed by atoms with Crippen LogP contribution in [0.1, 0.15) is 30.0 Å². The van der Waals surface area contributed by atoms with Gasteiger partial charge in [-0.2, -0.15) is 0 Å². The van der Waals surface area contributed by atoms with Crippen molar-refractivity contribution in [3.05, 3.63) is 64.3 Å². The average Bonchev–Trinajstić information content (AvgIpc) is 3.07. The largest absolute Gasteiger partial charge is 0.490 e. The van der Waals surface area contributed by atoms with Crippen molar-refractivity contribution >= 4 is 43.4 Å². The lowest BCUT2D eigenvalue weighted by atomic mass is 10.1. The number of carbonyl (C=O) groups excluding carboxylic acids is 1. The van der Waals surface area contributed by atoms with Crippen molar-refractivity contribution in [2.24, 2.45) is 0 Å². The quantitative estimate of drug-likeness (QED) is 0.497. The number of rotatable bonds is 7. The number of hydrogen-bond donors (Lipinski definition) is 2. The van der Waals surface area contributed by atoms with Gasteiger partial charge in [-0.25, -0.2) is 8.42 Å². The summed E-state index contributed by atoms with van der Waals surface area (Å²) in [5, 5.41) is 6.36. The second-order valence-electron chi connectivity index (χ2n) is 6.71. The van der Waals surface area contributed by atoms with Crippen LogP contribution in [-0.4, -0.2) is 25.6 Å². The molecule has 1 aromatic heterocycles. The highest BCUT2D eigenvalue weighted by Gasteiger charge is 2.18. The SMILES string of the molecule is Cc1cc(NS(=O)(=O)c2ccc(NC(=O)c3cc(Br)ccc3OC(C)C)cc2)no1. The van der Waals surface area contributed by atoms with Gasteiger partial charge in [-0.05, 0) is 63.2 Å². The minimum atomic E-state index is -3.83. The number of hydrogen-bond acceptors (Lipinski definition) is 6. The molecule has 3 aromatic rings. The van der Waals surface area contributed by atoms with Crippen LogP contribution in [-0.2, 0) is 10.0 Å². The molecular formula is C20H20BrN3O5S. The first-order valence-electron chi connectivity index (χ1n) is 8.98. The number of amides is 1. The van der Waals surface area contributed by atoms with Crippen molar-refractivity contribution < 1.29 is 22.5 Å². The highest BCUT2D eigenvalue weighted by Crippen LogP contribution is 2.26. The van der Waals surface area contributed by atoms with Gasteiger partial charge < -0.3 is 14.6 Å². The molecule has 30 heavy (non-hydrogen) atoms. The second kappa shape index (κ2) is 8.88. The number of carbonyl (C=O) groups is 1. The monoisotopic (exact) mass is 493 g/mol. The van der Waals surface area contributed by atoms with E-state index < -0.39 is 10.0 Å². The first kappa shape index (κ1) is 21.8. The molecule has 0 saturated carbocycles. The lowest BCUT2D eigenvalue weighted by molar-refractivity contribution is 0.102. The third-order valence-corrected chi connectivity index (χ3v) is 5.70. The van der Waals surface area contributed by atoms with E-state index in [0.29, 0.717) is 22.8 Å². The molecule has 0 radical (unpaired) electrons. The van der Waals surface area contributed by atoms with E-state index in [0.717, 1.165) is 4.47 Å². The molecule has 0 unspecified atom stereocenters. The number of benzene rings is 2. The van der Waals surface area contributed by atoms with Crippen LogP contribution in [0.15, 0.2) is 62.4 Å². The number of nitrogens with one attached hydrogen (secondary N) is 2. The topological polar surface area (TPSA) is 111 Å². The molecule has 158 valence electrons. The number of nitrogens with zero attached hydrogens (tertiary/aromatic N) is 1. The lowest BCUT2D eigenvalue weighted by Gasteiger charge is -2.15. The molecule has 0 bridgehead atoms. The Kier molecular flexibility index (Phi) is 6.47. The molecule has 3 rings (SSSR count). The Morgan fingerprint density at radius 2 is 1.83 bits per heavy atom. The van der Waals surface area contributed by atoms with Gasteiger partial charge in [0.05, 0.1) is 16.6 Å². The molecule has 0 aliphatic rings. The zero-order valence-electron chi connectivity index (χ0n) is 16.5. The number of halogens is 1. The molecule has 2 N–H and O–H groups in total. The Labute approximate surface area is 182 Å². The fourth-order valence-corrected chi connectivity index (χ4v) is 3.91. The summed E-state index contributed by atoms with van der Waals surface area (Å²) in [5.74, 6) is 0.659. The minimum absolute atomic E-state index is 0.0208. The summed E-state index contributed by atoms with van der Waals surface area (Å²) in [5.41, 5.74) is 0.796. The van der Waals surface area contributed by atoms with E-state index in [1.54, 1.807) is 25.1 Å². The summed E-state index contributed by atoms with van der Waals surface area (Å²) >= 11 is 3.36. The molecule has 1 amide bonds. The Morgan fingerprint density at radius 3 is 2.43 bits per heavy atom. The third kappa shape index (κ3) is 5.39. The van der Waals surface area contributed by atoms with E-state index in [-0.39, 0.29) is 22.7 Å². The molecule has 2 aromatic carbocycles. The predicted molar refractivity (Wildman–Crippen MR) is 116 cm³/mol. The fourth-order valence-electron chi connectivity index (χ4n) is 2.56. The highest BCUT2D eigenvalue weighted by atomic mass is 79.9. The zero-order chi connectivity index (χ0) is 21.9. The maximum Gasteiger partial charge on any atom is 0.263 e. The van der Waals surface area contributed by atoms with E-state index in [1.165, 1.54) is 30.3 Å². The molecule has 0 spiro atoms. The molecule has 0 aliphatic heterocycles. The van der Waals surface area contributed by atoms with Crippen LogP contribution < -0.4 is 14.8 Å². The smallest absolute Gasteiger partial charge is 0.263 e. The number of aromatic nitrogens is 1. The number of sulfonamides is 1. The van der Waals surface area contributed by atoms with Gasteiger partial charge in [0.25, 0.3) is 15.9 Å². The van der Waals surface area contributed by atoms with Crippen molar-refractivity contribution in [2.45, 2.75) is 31.8 Å². The van der Waals surface area contributed by atoms with E-state index in [2.05, 4.69) is 31.1 Å². The van der Waals surface area contributed by atoms with Crippen molar-refractivity contribution in [3.63, 3.8) is 0 Å². The number of aryl methyl sites for hydroxylation is 1. The number of ether oxygens (including phenoxy) is 1. The lowest BCUT2D eigenvalue weighted by Crippen LogP contribution is -2.16. The van der Waals surface area contributed by atoms with Crippen LogP contribution in [0.2, 0.25) is 0 Å². The van der Waals surface area contributed by atoms with Gasteiger partial charge in [0.15, 0.2) is 5.82 Å². The average molecular weight is 494 g/mol. The minimum Gasteiger partial charge on any atom is -0.490 e. The molecular weight excluding hydrogens is 474 g/mol. The predicted octanol–water partition coefficient (Wildman–Crippen LogP) is 4.59. The standard InChI is InChI=1S/C20H20BrN3O5S/c1-12(2)28-18-9-4-14(21)11-17(18)20(25)22-15-5-7-16(8-6-15)30(26,27)24-19-10-13(3)29-23-19/h4-12H,1-3H3,(H,22,25)(H,23,24). The summed E-state index contributed by atoms with van der Waals surface area (Å²) in [7, 11) is -3.83. The summed E-state index contributed by atoms with van der Waals surface area (Å²) in [6, 6.07) is 12.4. The number of anilines is 2. The van der Waals surface area contributed by atoms with Gasteiger partial charge in [-0.1, -0.05) is 21.1 Å². The van der Waals surface area contributed by atoms with Gasteiger partial charge in [0.1, 0.15) is 11.5 Å². The first-order valence-corrected chi connectivity index (χ1v) is 11.3. The summed E-state index contributed by atoms with van der Waals surface area (Å²) in [4.78, 5) is 12.8. The maximum absolute atomic E-state index is 12.7. The molecule has 0 atom stereocenters. The molecule has 0 saturated heterocycles. The Hall–Kier alpha value is -2.85. The van der Waals surface area contributed by atoms with E-state index in [1.807, 2.05) is 13.8 Å². The zero-order valence-corrected chi connectivity index (χ0v) is 18.9. The van der Waals surface area contributed by atoms with Crippen LogP contribution in [0.3, 0.4) is 0 Å². The van der Waals surface area contributed by atoms with E-state index >= 15 is 0 Å². The molecule has 1 heterocycles. The van der Waals surface area contributed by atoms with Crippen LogP contribution in [0.4, 0.5) is 11.5 Å². The Balaban J connectivity index is 1.76. The van der Waals surface area contributed by atoms with Gasteiger partial charge >= 0.3 is 0 Å². The van der Waals surface area contributed by atoms with Crippen LogP contribution in [0.5, 0.6) is 5.75 Å². The van der Waals surface area contributed by atoms with Crippen LogP contribution in [0, 0.1) is 6.92 Å². The van der Waals surface area contributed by atoms with Crippen LogP contribution >= 0.6 is 15.9 Å². The van der Waals surface area contributed by atoms with Crippen LogP contribution in [0.25, 0.3) is 0 Å². The maximum atomic E-state index is 12.7. The van der Waals surface area contributed by atoms with Crippen molar-refractivity contribution in [1.29, 1.82) is 0 Å². The fraction of sp³-hybridized carbons (Fsp3) is 0.200. The molecule has 0 aliphatic carbocycles. The molecule has 10 heteroatoms. The van der Waals surface area contributed by atoms with Crippen molar-refractivity contribution in [2.75, 3.05) is 10.0 Å². The normalized spacial score (nSPS) is 11.4. The van der Waals surface area contributed by atoms with Gasteiger partial charge in [-0.3, -0.25) is 9.52 Å². The Morgan fingerprint density at radius 1 is 1.13 bits per heavy atom.